The van der Waals surface area contributed by atoms with Crippen molar-refractivity contribution >= 4 is 0 Å². The summed E-state index contributed by atoms with van der Waals surface area (Å²) in [7, 11) is 0. The Hall–Kier alpha value is -1.61. The summed E-state index contributed by atoms with van der Waals surface area (Å²) in [4.78, 5) is 0. The summed E-state index contributed by atoms with van der Waals surface area (Å²) in [6.45, 7) is 10.5. The molecule has 2 aromatic rings. The average molecular weight is 271 g/mol. The van der Waals surface area contributed by atoms with Gasteiger partial charge in [-0.3, -0.25) is 4.68 Å². The average Bonchev–Trinajstić information content (AvgIpc) is 2.84. The van der Waals surface area contributed by atoms with Crippen LogP contribution < -0.4 is 5.32 Å². The zero-order valence-corrected chi connectivity index (χ0v) is 12.9. The summed E-state index contributed by atoms with van der Waals surface area (Å²) in [5.74, 6) is 0.583. The monoisotopic (exact) mass is 271 g/mol. The molecular weight excluding hydrogens is 246 g/mol. The molecule has 20 heavy (non-hydrogen) atoms. The number of hydrogen-bond acceptors (Lipinski definition) is 2. The van der Waals surface area contributed by atoms with Gasteiger partial charge in [0.15, 0.2) is 0 Å². The molecule has 0 aliphatic rings. The van der Waals surface area contributed by atoms with Crippen molar-refractivity contribution in [1.29, 1.82) is 0 Å². The first-order chi connectivity index (χ1) is 9.56. The van der Waals surface area contributed by atoms with Gasteiger partial charge < -0.3 is 5.32 Å². The Morgan fingerprint density at radius 1 is 1.05 bits per heavy atom. The lowest BCUT2D eigenvalue weighted by Crippen LogP contribution is -2.23. The normalized spacial score (nSPS) is 11.5. The van der Waals surface area contributed by atoms with Crippen molar-refractivity contribution in [1.82, 2.24) is 15.1 Å². The SMILES string of the molecule is CC(C)NCc1ccnn1Cc1ccc(C(C)C)cc1. The minimum Gasteiger partial charge on any atom is -0.309 e. The summed E-state index contributed by atoms with van der Waals surface area (Å²) in [6, 6.07) is 11.4. The molecule has 0 unspecified atom stereocenters. The van der Waals surface area contributed by atoms with Crippen molar-refractivity contribution in [2.24, 2.45) is 0 Å². The van der Waals surface area contributed by atoms with Gasteiger partial charge in [0.2, 0.25) is 0 Å². The van der Waals surface area contributed by atoms with Gasteiger partial charge in [0.25, 0.3) is 0 Å². The molecule has 1 heterocycles. The van der Waals surface area contributed by atoms with Crippen LogP contribution in [0.5, 0.6) is 0 Å². The predicted octanol–water partition coefficient (Wildman–Crippen LogP) is 3.55. The summed E-state index contributed by atoms with van der Waals surface area (Å²) in [6.07, 6.45) is 1.87. The number of nitrogens with zero attached hydrogens (tertiary/aromatic N) is 2. The van der Waals surface area contributed by atoms with E-state index in [9.17, 15) is 0 Å². The molecular formula is C17H25N3. The summed E-state index contributed by atoms with van der Waals surface area (Å²) >= 11 is 0. The molecule has 0 saturated heterocycles. The molecule has 0 aliphatic heterocycles. The van der Waals surface area contributed by atoms with Gasteiger partial charge in [0, 0.05) is 18.8 Å². The van der Waals surface area contributed by atoms with Crippen LogP contribution in [0.25, 0.3) is 0 Å². The number of benzene rings is 1. The number of nitrogens with one attached hydrogen (secondary N) is 1. The zero-order chi connectivity index (χ0) is 14.5. The molecule has 0 fully saturated rings. The largest absolute Gasteiger partial charge is 0.309 e. The highest BCUT2D eigenvalue weighted by molar-refractivity contribution is 5.25. The van der Waals surface area contributed by atoms with Crippen LogP contribution >= 0.6 is 0 Å². The second-order valence-electron chi connectivity index (χ2n) is 5.91. The predicted molar refractivity (Wildman–Crippen MR) is 83.8 cm³/mol. The lowest BCUT2D eigenvalue weighted by atomic mass is 10.0. The van der Waals surface area contributed by atoms with Crippen LogP contribution in [-0.2, 0) is 13.1 Å². The molecule has 3 nitrogen and oxygen atoms in total. The first-order valence-electron chi connectivity index (χ1n) is 7.39. The number of rotatable bonds is 6. The van der Waals surface area contributed by atoms with Crippen molar-refractivity contribution in [3.8, 4) is 0 Å². The topological polar surface area (TPSA) is 29.9 Å². The highest BCUT2D eigenvalue weighted by atomic mass is 15.3. The molecule has 0 amide bonds. The second kappa shape index (κ2) is 6.71. The highest BCUT2D eigenvalue weighted by Crippen LogP contribution is 2.15. The molecule has 108 valence electrons. The van der Waals surface area contributed by atoms with Gasteiger partial charge in [-0.25, -0.2) is 0 Å². The minimum atomic E-state index is 0.490. The molecule has 0 bridgehead atoms. The fraction of sp³-hybridized carbons (Fsp3) is 0.471. The molecule has 0 radical (unpaired) electrons. The van der Waals surface area contributed by atoms with Gasteiger partial charge >= 0.3 is 0 Å². The van der Waals surface area contributed by atoms with Gasteiger partial charge in [0.05, 0.1) is 12.2 Å². The Morgan fingerprint density at radius 3 is 2.35 bits per heavy atom. The zero-order valence-electron chi connectivity index (χ0n) is 12.9. The van der Waals surface area contributed by atoms with E-state index in [1.165, 1.54) is 16.8 Å². The van der Waals surface area contributed by atoms with Crippen molar-refractivity contribution in [2.75, 3.05) is 0 Å². The molecule has 0 spiro atoms. The Balaban J connectivity index is 2.04. The third kappa shape index (κ3) is 3.94. The lowest BCUT2D eigenvalue weighted by Gasteiger charge is -2.11. The van der Waals surface area contributed by atoms with Crippen LogP contribution in [-0.4, -0.2) is 15.8 Å². The van der Waals surface area contributed by atoms with Crippen molar-refractivity contribution < 1.29 is 0 Å². The van der Waals surface area contributed by atoms with Crippen LogP contribution in [0.2, 0.25) is 0 Å². The second-order valence-corrected chi connectivity index (χ2v) is 5.91. The van der Waals surface area contributed by atoms with E-state index in [1.54, 1.807) is 0 Å². The van der Waals surface area contributed by atoms with Gasteiger partial charge in [0.1, 0.15) is 0 Å². The van der Waals surface area contributed by atoms with E-state index in [2.05, 4.69) is 73.1 Å². The summed E-state index contributed by atoms with van der Waals surface area (Å²) < 4.78 is 2.07. The molecule has 2 rings (SSSR count). The summed E-state index contributed by atoms with van der Waals surface area (Å²) in [5.41, 5.74) is 3.91. The fourth-order valence-electron chi connectivity index (χ4n) is 2.14. The van der Waals surface area contributed by atoms with Crippen molar-refractivity contribution in [2.45, 2.75) is 52.7 Å². The maximum atomic E-state index is 4.42. The van der Waals surface area contributed by atoms with Crippen molar-refractivity contribution in [3.63, 3.8) is 0 Å². The first kappa shape index (κ1) is 14.8. The molecule has 0 saturated carbocycles. The van der Waals surface area contributed by atoms with Gasteiger partial charge in [-0.1, -0.05) is 52.0 Å². The molecule has 1 aromatic heterocycles. The quantitative estimate of drug-likeness (QED) is 0.870. The molecule has 1 aromatic carbocycles. The van der Waals surface area contributed by atoms with E-state index < -0.39 is 0 Å². The van der Waals surface area contributed by atoms with E-state index >= 15 is 0 Å². The Morgan fingerprint density at radius 2 is 1.75 bits per heavy atom. The summed E-state index contributed by atoms with van der Waals surface area (Å²) in [5, 5.41) is 7.86. The maximum Gasteiger partial charge on any atom is 0.0663 e. The van der Waals surface area contributed by atoms with Gasteiger partial charge in [-0.2, -0.15) is 5.10 Å². The molecule has 3 heteroatoms. The highest BCUT2D eigenvalue weighted by Gasteiger charge is 2.05. The number of aromatic nitrogens is 2. The van der Waals surface area contributed by atoms with Crippen LogP contribution in [0.3, 0.4) is 0 Å². The van der Waals surface area contributed by atoms with E-state index in [4.69, 9.17) is 0 Å². The third-order valence-electron chi connectivity index (χ3n) is 3.47. The van der Waals surface area contributed by atoms with Crippen molar-refractivity contribution in [3.05, 3.63) is 53.3 Å². The standard InChI is InChI=1S/C17H25N3/c1-13(2)16-7-5-15(6-8-16)12-20-17(9-10-19-20)11-18-14(3)4/h5-10,13-14,18H,11-12H2,1-4H3. The van der Waals surface area contributed by atoms with Gasteiger partial charge in [-0.15, -0.1) is 0 Å². The van der Waals surface area contributed by atoms with Crippen LogP contribution in [0.4, 0.5) is 0 Å². The van der Waals surface area contributed by atoms with E-state index in [0.29, 0.717) is 12.0 Å². The minimum absolute atomic E-state index is 0.490. The molecule has 0 atom stereocenters. The van der Waals surface area contributed by atoms with E-state index in [0.717, 1.165) is 13.1 Å². The van der Waals surface area contributed by atoms with Crippen LogP contribution in [0.15, 0.2) is 36.5 Å². The first-order valence-corrected chi connectivity index (χ1v) is 7.39. The van der Waals surface area contributed by atoms with Crippen LogP contribution in [0, 0.1) is 0 Å². The van der Waals surface area contributed by atoms with E-state index in [1.807, 2.05) is 6.20 Å². The van der Waals surface area contributed by atoms with Gasteiger partial charge in [-0.05, 0) is 23.1 Å². The van der Waals surface area contributed by atoms with Crippen LogP contribution in [0.1, 0.15) is 50.4 Å². The number of hydrogen-bond donors (Lipinski definition) is 1. The van der Waals surface area contributed by atoms with E-state index in [-0.39, 0.29) is 0 Å². The smallest absolute Gasteiger partial charge is 0.0663 e. The Bertz CT molecular complexity index is 523. The third-order valence-corrected chi connectivity index (χ3v) is 3.47. The lowest BCUT2D eigenvalue weighted by molar-refractivity contribution is 0.547. The fourth-order valence-corrected chi connectivity index (χ4v) is 2.14. The molecule has 1 N–H and O–H groups in total. The Kier molecular flexibility index (Phi) is 4.96. The molecule has 0 aliphatic carbocycles. The maximum absolute atomic E-state index is 4.42. The Labute approximate surface area is 122 Å².